The predicted molar refractivity (Wildman–Crippen MR) is 85.7 cm³/mol. The molecule has 0 saturated carbocycles. The minimum atomic E-state index is -0.532. The number of nitro groups is 1. The number of para-hydroxylation sites is 1. The van der Waals surface area contributed by atoms with Crippen LogP contribution >= 0.6 is 22.9 Å². The Kier molecular flexibility index (Phi) is 3.74. The second-order valence-electron chi connectivity index (χ2n) is 4.36. The first-order chi connectivity index (χ1) is 10.5. The highest BCUT2D eigenvalue weighted by Gasteiger charge is 2.16. The third-order valence-electron chi connectivity index (χ3n) is 2.91. The summed E-state index contributed by atoms with van der Waals surface area (Å²) in [4.78, 5) is 26.7. The number of amides is 1. The van der Waals surface area contributed by atoms with Crippen LogP contribution in [0.4, 0.5) is 10.8 Å². The average Bonchev–Trinajstić information content (AvgIpc) is 2.98. The van der Waals surface area contributed by atoms with Crippen LogP contribution in [0, 0.1) is 10.1 Å². The largest absolute Gasteiger partial charge is 0.324 e. The van der Waals surface area contributed by atoms with E-state index in [0.717, 1.165) is 16.7 Å². The summed E-state index contributed by atoms with van der Waals surface area (Å²) in [5, 5.41) is 14.5. The van der Waals surface area contributed by atoms with Gasteiger partial charge >= 0.3 is 5.00 Å². The lowest BCUT2D eigenvalue weighted by Crippen LogP contribution is -2.11. The lowest BCUT2D eigenvalue weighted by molar-refractivity contribution is -0.380. The van der Waals surface area contributed by atoms with E-state index in [4.69, 9.17) is 11.6 Å². The van der Waals surface area contributed by atoms with Gasteiger partial charge in [0.25, 0.3) is 5.91 Å². The van der Waals surface area contributed by atoms with Gasteiger partial charge < -0.3 is 5.32 Å². The molecule has 0 fully saturated rings. The van der Waals surface area contributed by atoms with Gasteiger partial charge in [0.1, 0.15) is 5.82 Å². The first-order valence-electron chi connectivity index (χ1n) is 6.15. The SMILES string of the molecule is O=C(Nc1ccc2cccc(Cl)c2n1)c1ccc([N+](=O)[O-])s1. The van der Waals surface area contributed by atoms with E-state index in [1.807, 2.05) is 12.1 Å². The summed E-state index contributed by atoms with van der Waals surface area (Å²) in [6.07, 6.45) is 0. The van der Waals surface area contributed by atoms with Crippen LogP contribution in [-0.4, -0.2) is 15.8 Å². The van der Waals surface area contributed by atoms with Crippen molar-refractivity contribution in [3.05, 3.63) is 62.5 Å². The monoisotopic (exact) mass is 333 g/mol. The minimum absolute atomic E-state index is 0.0836. The normalized spacial score (nSPS) is 10.6. The van der Waals surface area contributed by atoms with Gasteiger partial charge in [-0.3, -0.25) is 14.9 Å². The summed E-state index contributed by atoms with van der Waals surface area (Å²) >= 11 is 6.88. The third-order valence-corrected chi connectivity index (χ3v) is 4.25. The molecule has 0 radical (unpaired) electrons. The fourth-order valence-corrected chi connectivity index (χ4v) is 2.85. The summed E-state index contributed by atoms with van der Waals surface area (Å²) in [6, 6.07) is 11.5. The Balaban J connectivity index is 1.87. The van der Waals surface area contributed by atoms with E-state index < -0.39 is 10.8 Å². The number of pyridine rings is 1. The summed E-state index contributed by atoms with van der Waals surface area (Å²) in [6.45, 7) is 0. The van der Waals surface area contributed by atoms with Crippen molar-refractivity contribution in [2.24, 2.45) is 0 Å². The molecule has 3 rings (SSSR count). The Hall–Kier alpha value is -2.51. The zero-order chi connectivity index (χ0) is 15.7. The molecule has 8 heteroatoms. The van der Waals surface area contributed by atoms with Gasteiger partial charge in [0.2, 0.25) is 0 Å². The van der Waals surface area contributed by atoms with E-state index in [0.29, 0.717) is 16.4 Å². The lowest BCUT2D eigenvalue weighted by Gasteiger charge is -2.05. The number of aromatic nitrogens is 1. The third kappa shape index (κ3) is 2.76. The molecular formula is C14H8ClN3O3S. The van der Waals surface area contributed by atoms with Crippen LogP contribution in [0.25, 0.3) is 10.9 Å². The van der Waals surface area contributed by atoms with Crippen molar-refractivity contribution in [2.45, 2.75) is 0 Å². The number of hydrogen-bond donors (Lipinski definition) is 1. The van der Waals surface area contributed by atoms with Crippen molar-refractivity contribution >= 4 is 50.6 Å². The number of rotatable bonds is 3. The molecule has 0 atom stereocenters. The van der Waals surface area contributed by atoms with Gasteiger partial charge in [0, 0.05) is 11.5 Å². The minimum Gasteiger partial charge on any atom is -0.306 e. The van der Waals surface area contributed by atoms with E-state index in [2.05, 4.69) is 10.3 Å². The summed E-state index contributed by atoms with van der Waals surface area (Å²) in [5.74, 6) is -0.112. The predicted octanol–water partition coefficient (Wildman–Crippen LogP) is 4.11. The molecule has 1 amide bonds. The van der Waals surface area contributed by atoms with Crippen molar-refractivity contribution < 1.29 is 9.72 Å². The first kappa shape index (κ1) is 14.4. The van der Waals surface area contributed by atoms with Gasteiger partial charge in [-0.05, 0) is 24.3 Å². The molecule has 0 saturated heterocycles. The lowest BCUT2D eigenvalue weighted by atomic mass is 10.2. The highest BCUT2D eigenvalue weighted by molar-refractivity contribution is 7.17. The number of anilines is 1. The molecule has 1 aromatic carbocycles. The number of thiophene rings is 1. The zero-order valence-electron chi connectivity index (χ0n) is 10.9. The van der Waals surface area contributed by atoms with Gasteiger partial charge in [-0.1, -0.05) is 35.1 Å². The molecule has 110 valence electrons. The van der Waals surface area contributed by atoms with E-state index in [-0.39, 0.29) is 9.88 Å². The number of carbonyl (C=O) groups is 1. The number of hydrogen-bond acceptors (Lipinski definition) is 5. The van der Waals surface area contributed by atoms with Crippen LogP contribution in [-0.2, 0) is 0 Å². The van der Waals surface area contributed by atoms with Crippen LogP contribution in [0.5, 0.6) is 0 Å². The number of halogens is 1. The van der Waals surface area contributed by atoms with E-state index >= 15 is 0 Å². The molecular weight excluding hydrogens is 326 g/mol. The van der Waals surface area contributed by atoms with Crippen molar-refractivity contribution in [3.63, 3.8) is 0 Å². The Bertz CT molecular complexity index is 894. The Morgan fingerprint density at radius 1 is 1.23 bits per heavy atom. The number of nitrogens with zero attached hydrogens (tertiary/aromatic N) is 2. The van der Waals surface area contributed by atoms with Crippen LogP contribution < -0.4 is 5.32 Å². The summed E-state index contributed by atoms with van der Waals surface area (Å²) < 4.78 is 0. The maximum absolute atomic E-state index is 12.1. The average molecular weight is 334 g/mol. The quantitative estimate of drug-likeness (QED) is 0.577. The highest BCUT2D eigenvalue weighted by atomic mass is 35.5. The van der Waals surface area contributed by atoms with Gasteiger partial charge in [-0.15, -0.1) is 0 Å². The number of benzene rings is 1. The van der Waals surface area contributed by atoms with Crippen molar-refractivity contribution in [2.75, 3.05) is 5.32 Å². The Morgan fingerprint density at radius 3 is 2.77 bits per heavy atom. The fourth-order valence-electron chi connectivity index (χ4n) is 1.91. The molecule has 0 unspecified atom stereocenters. The Morgan fingerprint density at radius 2 is 2.05 bits per heavy atom. The molecule has 2 heterocycles. The van der Waals surface area contributed by atoms with Crippen LogP contribution in [0.1, 0.15) is 9.67 Å². The van der Waals surface area contributed by atoms with E-state index in [1.165, 1.54) is 12.1 Å². The van der Waals surface area contributed by atoms with Crippen LogP contribution in [0.3, 0.4) is 0 Å². The molecule has 2 aromatic heterocycles. The molecule has 6 nitrogen and oxygen atoms in total. The molecule has 0 spiro atoms. The van der Waals surface area contributed by atoms with Crippen LogP contribution in [0.15, 0.2) is 42.5 Å². The highest BCUT2D eigenvalue weighted by Crippen LogP contribution is 2.26. The standard InChI is InChI=1S/C14H8ClN3O3S/c15-9-3-1-2-8-4-6-11(16-13(8)9)17-14(19)10-5-7-12(22-10)18(20)21/h1-7H,(H,16,17,19). The maximum Gasteiger partial charge on any atom is 0.324 e. The van der Waals surface area contributed by atoms with Crippen LogP contribution in [0.2, 0.25) is 5.02 Å². The molecule has 1 N–H and O–H groups in total. The van der Waals surface area contributed by atoms with Crippen molar-refractivity contribution in [1.82, 2.24) is 4.98 Å². The number of fused-ring (bicyclic) bond motifs is 1. The van der Waals surface area contributed by atoms with Crippen molar-refractivity contribution in [1.29, 1.82) is 0 Å². The van der Waals surface area contributed by atoms with Gasteiger partial charge in [0.15, 0.2) is 0 Å². The molecule has 0 aliphatic carbocycles. The molecule has 22 heavy (non-hydrogen) atoms. The smallest absolute Gasteiger partial charge is 0.306 e. The fraction of sp³-hybridized carbons (Fsp3) is 0. The van der Waals surface area contributed by atoms with Gasteiger partial charge in [0.05, 0.1) is 20.3 Å². The van der Waals surface area contributed by atoms with Gasteiger partial charge in [-0.25, -0.2) is 4.98 Å². The summed E-state index contributed by atoms with van der Waals surface area (Å²) in [5.41, 5.74) is 0.583. The second kappa shape index (κ2) is 5.70. The maximum atomic E-state index is 12.1. The van der Waals surface area contributed by atoms with E-state index in [9.17, 15) is 14.9 Å². The van der Waals surface area contributed by atoms with Gasteiger partial charge in [-0.2, -0.15) is 0 Å². The molecule has 3 aromatic rings. The Labute approximate surface area is 133 Å². The molecule has 0 bridgehead atoms. The van der Waals surface area contributed by atoms with E-state index in [1.54, 1.807) is 18.2 Å². The van der Waals surface area contributed by atoms with Crippen molar-refractivity contribution in [3.8, 4) is 0 Å². The molecule has 0 aliphatic heterocycles. The first-order valence-corrected chi connectivity index (χ1v) is 7.35. The summed E-state index contributed by atoms with van der Waals surface area (Å²) in [7, 11) is 0. The number of carbonyl (C=O) groups excluding carboxylic acids is 1. The molecule has 0 aliphatic rings. The second-order valence-corrected chi connectivity index (χ2v) is 5.83. The zero-order valence-corrected chi connectivity index (χ0v) is 12.5. The number of nitrogens with one attached hydrogen (secondary N) is 1. The topological polar surface area (TPSA) is 85.1 Å².